The van der Waals surface area contributed by atoms with Gasteiger partial charge in [0.15, 0.2) is 0 Å². The van der Waals surface area contributed by atoms with Gasteiger partial charge in [0.1, 0.15) is 0 Å². The largest absolute Gasteiger partial charge is 0.354 e. The van der Waals surface area contributed by atoms with Crippen LogP contribution in [0.3, 0.4) is 0 Å². The molecule has 0 bridgehead atoms. The average Bonchev–Trinajstić information content (AvgIpc) is 3.00. The number of aromatic amines is 2. The van der Waals surface area contributed by atoms with E-state index in [1.165, 1.54) is 50.8 Å². The summed E-state index contributed by atoms with van der Waals surface area (Å²) in [6.45, 7) is 0. The molecule has 2 nitrogen and oxygen atoms in total. The quantitative estimate of drug-likeness (QED) is 0.235. The lowest BCUT2D eigenvalue weighted by Gasteiger charge is -1.94. The second kappa shape index (κ2) is 4.61. The molecule has 2 aromatic heterocycles. The Balaban J connectivity index is 1.97. The zero-order valence-corrected chi connectivity index (χ0v) is 15.7. The van der Waals surface area contributed by atoms with Gasteiger partial charge in [-0.3, -0.25) is 0 Å². The molecule has 0 fully saturated rings. The lowest BCUT2D eigenvalue weighted by molar-refractivity contribution is 1.53. The van der Waals surface area contributed by atoms with Crippen LogP contribution >= 0.6 is 45.2 Å². The summed E-state index contributed by atoms with van der Waals surface area (Å²) in [5.41, 5.74) is 4.80. The highest BCUT2D eigenvalue weighted by molar-refractivity contribution is 14.1. The average molecular weight is 508 g/mol. The Kier molecular flexibility index (Phi) is 2.76. The molecule has 0 aliphatic carbocycles. The zero-order chi connectivity index (χ0) is 14.8. The van der Waals surface area contributed by atoms with Crippen LogP contribution in [0.4, 0.5) is 0 Å². The fourth-order valence-electron chi connectivity index (χ4n) is 3.25. The Morgan fingerprint density at radius 3 is 1.36 bits per heavy atom. The van der Waals surface area contributed by atoms with E-state index in [2.05, 4.69) is 104 Å². The molecule has 22 heavy (non-hydrogen) atoms. The molecule has 106 valence electrons. The molecule has 0 aliphatic rings. The predicted molar refractivity (Wildman–Crippen MR) is 111 cm³/mol. The molecule has 2 heterocycles. The van der Waals surface area contributed by atoms with E-state index in [1.54, 1.807) is 0 Å². The molecule has 5 rings (SSSR count). The van der Waals surface area contributed by atoms with Gasteiger partial charge in [-0.1, -0.05) is 12.1 Å². The molecule has 3 aromatic carbocycles. The van der Waals surface area contributed by atoms with E-state index >= 15 is 0 Å². The van der Waals surface area contributed by atoms with Crippen molar-refractivity contribution < 1.29 is 0 Å². The van der Waals surface area contributed by atoms with E-state index in [4.69, 9.17) is 0 Å². The number of hydrogen-bond donors (Lipinski definition) is 2. The lowest BCUT2D eigenvalue weighted by atomic mass is 10.1. The van der Waals surface area contributed by atoms with Gasteiger partial charge in [-0.2, -0.15) is 0 Å². The van der Waals surface area contributed by atoms with Crippen LogP contribution in [0.2, 0.25) is 0 Å². The van der Waals surface area contributed by atoms with Crippen molar-refractivity contribution >= 4 is 88.8 Å². The molecule has 5 aromatic rings. The van der Waals surface area contributed by atoms with Crippen molar-refractivity contribution in [3.05, 3.63) is 55.7 Å². The SMILES string of the molecule is Ic1ccc2c(c1)[nH]c1cc3c(cc12)[nH]c1cc(I)ccc13. The summed E-state index contributed by atoms with van der Waals surface area (Å²) in [6, 6.07) is 17.7. The fraction of sp³-hybridized carbons (Fsp3) is 0. The molecule has 0 spiro atoms. The fourth-order valence-corrected chi connectivity index (χ4v) is 4.23. The molecule has 0 aliphatic heterocycles. The number of rotatable bonds is 0. The minimum absolute atomic E-state index is 1.20. The maximum absolute atomic E-state index is 3.56. The number of benzene rings is 3. The monoisotopic (exact) mass is 508 g/mol. The normalized spacial score (nSPS) is 12.1. The standard InChI is InChI=1S/C18H10I2N2/c19-9-1-3-11-13-7-18-14(8-17(13)21-15(11)5-9)12-4-2-10(20)6-16(12)22-18/h1-8,21-22H. The van der Waals surface area contributed by atoms with E-state index in [9.17, 15) is 0 Å². The summed E-state index contributed by atoms with van der Waals surface area (Å²) >= 11 is 4.71. The Morgan fingerprint density at radius 1 is 0.500 bits per heavy atom. The molecular formula is C18H10I2N2. The summed E-state index contributed by atoms with van der Waals surface area (Å²) in [4.78, 5) is 7.11. The molecule has 0 radical (unpaired) electrons. The minimum atomic E-state index is 1.20. The van der Waals surface area contributed by atoms with Crippen LogP contribution in [0.1, 0.15) is 0 Å². The highest BCUT2D eigenvalue weighted by Crippen LogP contribution is 2.33. The van der Waals surface area contributed by atoms with Crippen molar-refractivity contribution in [2.24, 2.45) is 0 Å². The third-order valence-corrected chi connectivity index (χ3v) is 5.58. The van der Waals surface area contributed by atoms with Gasteiger partial charge in [-0.25, -0.2) is 0 Å². The highest BCUT2D eigenvalue weighted by atomic mass is 127. The van der Waals surface area contributed by atoms with Gasteiger partial charge < -0.3 is 9.97 Å². The second-order valence-electron chi connectivity index (χ2n) is 5.57. The molecule has 0 atom stereocenters. The van der Waals surface area contributed by atoms with E-state index in [1.807, 2.05) is 0 Å². The zero-order valence-electron chi connectivity index (χ0n) is 11.4. The van der Waals surface area contributed by atoms with E-state index in [0.29, 0.717) is 0 Å². The number of aromatic nitrogens is 2. The smallest absolute Gasteiger partial charge is 0.0475 e. The van der Waals surface area contributed by atoms with Crippen molar-refractivity contribution in [2.75, 3.05) is 0 Å². The van der Waals surface area contributed by atoms with Gasteiger partial charge in [0.25, 0.3) is 0 Å². The van der Waals surface area contributed by atoms with Crippen LogP contribution in [-0.4, -0.2) is 9.97 Å². The third kappa shape index (κ3) is 1.83. The van der Waals surface area contributed by atoms with Crippen molar-refractivity contribution in [1.82, 2.24) is 9.97 Å². The van der Waals surface area contributed by atoms with Gasteiger partial charge in [0.2, 0.25) is 0 Å². The summed E-state index contributed by atoms with van der Waals surface area (Å²) < 4.78 is 2.50. The molecule has 0 amide bonds. The van der Waals surface area contributed by atoms with Crippen LogP contribution in [0.15, 0.2) is 48.5 Å². The van der Waals surface area contributed by atoms with Crippen LogP contribution < -0.4 is 0 Å². The first-order chi connectivity index (χ1) is 10.7. The second-order valence-corrected chi connectivity index (χ2v) is 8.06. The maximum Gasteiger partial charge on any atom is 0.0475 e. The molecule has 0 saturated carbocycles. The maximum atomic E-state index is 3.56. The lowest BCUT2D eigenvalue weighted by Crippen LogP contribution is -1.71. The van der Waals surface area contributed by atoms with Gasteiger partial charge in [-0.05, 0) is 81.6 Å². The van der Waals surface area contributed by atoms with Gasteiger partial charge in [0.05, 0.1) is 0 Å². The van der Waals surface area contributed by atoms with Gasteiger partial charge in [-0.15, -0.1) is 0 Å². The summed E-state index contributed by atoms with van der Waals surface area (Å²) in [5, 5.41) is 5.12. The number of fused-ring (bicyclic) bond motifs is 6. The Bertz CT molecular complexity index is 1100. The molecule has 2 N–H and O–H groups in total. The molecular weight excluding hydrogens is 498 g/mol. The number of halogens is 2. The summed E-state index contributed by atoms with van der Waals surface area (Å²) in [6.07, 6.45) is 0. The van der Waals surface area contributed by atoms with Crippen LogP contribution in [0, 0.1) is 7.14 Å². The minimum Gasteiger partial charge on any atom is -0.354 e. The Morgan fingerprint density at radius 2 is 0.909 bits per heavy atom. The van der Waals surface area contributed by atoms with Crippen LogP contribution in [0.25, 0.3) is 43.6 Å². The summed E-state index contributed by atoms with van der Waals surface area (Å²) in [5.74, 6) is 0. The molecule has 0 saturated heterocycles. The van der Waals surface area contributed by atoms with Crippen LogP contribution in [0.5, 0.6) is 0 Å². The van der Waals surface area contributed by atoms with E-state index in [0.717, 1.165) is 0 Å². The Hall–Kier alpha value is -1.28. The third-order valence-electron chi connectivity index (χ3n) is 4.24. The van der Waals surface area contributed by atoms with Gasteiger partial charge in [0, 0.05) is 50.8 Å². The van der Waals surface area contributed by atoms with E-state index < -0.39 is 0 Å². The van der Waals surface area contributed by atoms with Gasteiger partial charge >= 0.3 is 0 Å². The molecule has 0 unspecified atom stereocenters. The van der Waals surface area contributed by atoms with Crippen molar-refractivity contribution in [3.63, 3.8) is 0 Å². The van der Waals surface area contributed by atoms with Crippen molar-refractivity contribution in [3.8, 4) is 0 Å². The Labute approximate surface area is 153 Å². The number of nitrogens with one attached hydrogen (secondary N) is 2. The van der Waals surface area contributed by atoms with Crippen LogP contribution in [-0.2, 0) is 0 Å². The first-order valence-electron chi connectivity index (χ1n) is 7.01. The first-order valence-corrected chi connectivity index (χ1v) is 9.17. The number of hydrogen-bond acceptors (Lipinski definition) is 0. The van der Waals surface area contributed by atoms with Crippen molar-refractivity contribution in [2.45, 2.75) is 0 Å². The van der Waals surface area contributed by atoms with E-state index in [-0.39, 0.29) is 0 Å². The predicted octanol–water partition coefficient (Wildman–Crippen LogP) is 6.16. The van der Waals surface area contributed by atoms with Crippen molar-refractivity contribution in [1.29, 1.82) is 0 Å². The topological polar surface area (TPSA) is 31.6 Å². The summed E-state index contributed by atoms with van der Waals surface area (Å²) in [7, 11) is 0. The first kappa shape index (κ1) is 13.2. The molecule has 4 heteroatoms. The highest BCUT2D eigenvalue weighted by Gasteiger charge is 2.10. The number of H-pyrrole nitrogens is 2.